The summed E-state index contributed by atoms with van der Waals surface area (Å²) in [5, 5.41) is 2.96. The number of amides is 1. The Bertz CT molecular complexity index is 555. The van der Waals surface area contributed by atoms with E-state index in [0.717, 1.165) is 9.04 Å². The largest absolute Gasteiger partial charge is 0.368 e. The van der Waals surface area contributed by atoms with Gasteiger partial charge >= 0.3 is 0 Å². The lowest BCUT2D eigenvalue weighted by Gasteiger charge is -2.10. The third-order valence-corrected chi connectivity index (χ3v) is 4.16. The maximum atomic E-state index is 11.0. The first-order valence-corrected chi connectivity index (χ1v) is 6.87. The zero-order chi connectivity index (χ0) is 12.4. The monoisotopic (exact) mass is 269 g/mol. The zero-order valence-corrected chi connectivity index (χ0v) is 10.9. The summed E-state index contributed by atoms with van der Waals surface area (Å²) in [7, 11) is 0. The van der Waals surface area contributed by atoms with E-state index in [4.69, 9.17) is 5.73 Å². The van der Waals surface area contributed by atoms with Gasteiger partial charge in [-0.05, 0) is 13.2 Å². The van der Waals surface area contributed by atoms with Crippen LogP contribution >= 0.6 is 23.1 Å². The molecule has 8 heteroatoms. The second-order valence-corrected chi connectivity index (χ2v) is 5.38. The molecule has 0 radical (unpaired) electrons. The van der Waals surface area contributed by atoms with Crippen LogP contribution in [0, 0.1) is 0 Å². The highest BCUT2D eigenvalue weighted by Crippen LogP contribution is 2.30. The van der Waals surface area contributed by atoms with E-state index < -0.39 is 11.9 Å². The second-order valence-electron chi connectivity index (χ2n) is 3.33. The Kier molecular flexibility index (Phi) is 3.43. The molecule has 0 bridgehead atoms. The minimum Gasteiger partial charge on any atom is -0.368 e. The first-order chi connectivity index (χ1) is 8.11. The molecule has 3 N–H and O–H groups in total. The lowest BCUT2D eigenvalue weighted by Crippen LogP contribution is -2.32. The van der Waals surface area contributed by atoms with E-state index >= 15 is 0 Å². The van der Waals surface area contributed by atoms with Crippen LogP contribution in [-0.2, 0) is 4.79 Å². The quantitative estimate of drug-likeness (QED) is 0.807. The van der Waals surface area contributed by atoms with Crippen molar-refractivity contribution in [1.82, 2.24) is 15.0 Å². The topological polar surface area (TPSA) is 93.8 Å². The third kappa shape index (κ3) is 2.47. The Morgan fingerprint density at radius 2 is 2.35 bits per heavy atom. The number of rotatable bonds is 4. The fraction of sp³-hybridized carbons (Fsp3) is 0.333. The Balaban J connectivity index is 2.39. The smallest absolute Gasteiger partial charge is 0.239 e. The number of carbonyl (C=O) groups excluding carboxylic acids is 1. The Labute approximate surface area is 106 Å². The van der Waals surface area contributed by atoms with Gasteiger partial charge in [0.25, 0.3) is 0 Å². The van der Waals surface area contributed by atoms with Crippen molar-refractivity contribution < 1.29 is 4.79 Å². The number of anilines is 1. The summed E-state index contributed by atoms with van der Waals surface area (Å²) in [6.07, 6.45) is 3.37. The summed E-state index contributed by atoms with van der Waals surface area (Å²) in [5.41, 5.74) is 5.83. The van der Waals surface area contributed by atoms with Gasteiger partial charge in [-0.25, -0.2) is 15.0 Å². The molecule has 0 spiro atoms. The third-order valence-electron chi connectivity index (χ3n) is 2.13. The van der Waals surface area contributed by atoms with E-state index in [0.29, 0.717) is 11.5 Å². The molecule has 1 amide bonds. The summed E-state index contributed by atoms with van der Waals surface area (Å²) >= 11 is 3.04. The fourth-order valence-corrected chi connectivity index (χ4v) is 2.67. The fourth-order valence-electron chi connectivity index (χ4n) is 1.20. The van der Waals surface area contributed by atoms with Crippen LogP contribution in [0.5, 0.6) is 0 Å². The van der Waals surface area contributed by atoms with E-state index in [2.05, 4.69) is 20.3 Å². The highest BCUT2D eigenvalue weighted by molar-refractivity contribution is 8.00. The van der Waals surface area contributed by atoms with Crippen molar-refractivity contribution in [2.75, 3.05) is 11.6 Å². The average molecular weight is 269 g/mol. The number of hydrogen-bond acceptors (Lipinski definition) is 7. The van der Waals surface area contributed by atoms with E-state index in [-0.39, 0.29) is 0 Å². The van der Waals surface area contributed by atoms with Crippen LogP contribution in [0.3, 0.4) is 0 Å². The van der Waals surface area contributed by atoms with Crippen molar-refractivity contribution in [3.8, 4) is 0 Å². The molecule has 6 nitrogen and oxygen atoms in total. The molecule has 0 saturated carbocycles. The molecule has 2 aromatic heterocycles. The zero-order valence-electron chi connectivity index (χ0n) is 9.30. The molecular formula is C9H11N5OS2. The molecule has 2 aromatic rings. The van der Waals surface area contributed by atoms with Crippen LogP contribution in [-0.4, -0.2) is 33.2 Å². The van der Waals surface area contributed by atoms with Crippen LogP contribution in [0.4, 0.5) is 5.82 Å². The molecular weight excluding hydrogens is 258 g/mol. The predicted molar refractivity (Wildman–Crippen MR) is 69.3 cm³/mol. The number of nitrogens with zero attached hydrogens (tertiary/aromatic N) is 3. The van der Waals surface area contributed by atoms with Crippen molar-refractivity contribution in [2.45, 2.75) is 17.3 Å². The van der Waals surface area contributed by atoms with Crippen molar-refractivity contribution >= 4 is 45.2 Å². The Hall–Kier alpha value is -1.41. The maximum absolute atomic E-state index is 11.0. The van der Waals surface area contributed by atoms with Crippen LogP contribution in [0.1, 0.15) is 6.92 Å². The van der Waals surface area contributed by atoms with E-state index in [9.17, 15) is 4.79 Å². The van der Waals surface area contributed by atoms with Gasteiger partial charge in [0.15, 0.2) is 9.99 Å². The van der Waals surface area contributed by atoms with E-state index in [1.807, 2.05) is 6.26 Å². The maximum Gasteiger partial charge on any atom is 0.239 e. The molecule has 0 saturated heterocycles. The lowest BCUT2D eigenvalue weighted by molar-refractivity contribution is -0.118. The number of thioether (sulfide) groups is 1. The number of thiazole rings is 1. The molecule has 2 heterocycles. The van der Waals surface area contributed by atoms with Crippen molar-refractivity contribution in [3.05, 3.63) is 6.33 Å². The average Bonchev–Trinajstić information content (AvgIpc) is 2.72. The van der Waals surface area contributed by atoms with Crippen LogP contribution in [0.25, 0.3) is 10.3 Å². The summed E-state index contributed by atoms with van der Waals surface area (Å²) in [6.45, 7) is 1.69. The highest BCUT2D eigenvalue weighted by Gasteiger charge is 2.14. The van der Waals surface area contributed by atoms with Gasteiger partial charge in [0.2, 0.25) is 5.91 Å². The van der Waals surface area contributed by atoms with E-state index in [1.165, 1.54) is 17.7 Å². The number of hydrogen-bond donors (Lipinski definition) is 2. The number of nitrogens with one attached hydrogen (secondary N) is 1. The predicted octanol–water partition coefficient (Wildman–Crippen LogP) is 1.09. The first kappa shape index (κ1) is 12.1. The van der Waals surface area contributed by atoms with Crippen molar-refractivity contribution in [2.24, 2.45) is 5.73 Å². The van der Waals surface area contributed by atoms with Gasteiger partial charge in [-0.1, -0.05) is 11.8 Å². The summed E-state index contributed by atoms with van der Waals surface area (Å²) < 4.78 is 1.75. The number of nitrogens with two attached hydrogens (primary N) is 1. The molecule has 0 aromatic carbocycles. The van der Waals surface area contributed by atoms with Crippen molar-refractivity contribution in [1.29, 1.82) is 0 Å². The number of carbonyl (C=O) groups is 1. The molecule has 0 fully saturated rings. The molecule has 90 valence electrons. The Morgan fingerprint density at radius 1 is 1.59 bits per heavy atom. The minimum atomic E-state index is -0.479. The van der Waals surface area contributed by atoms with Crippen molar-refractivity contribution in [3.63, 3.8) is 0 Å². The van der Waals surface area contributed by atoms with Crippen LogP contribution in [0.2, 0.25) is 0 Å². The highest BCUT2D eigenvalue weighted by atomic mass is 32.2. The SMILES string of the molecule is CSc1nc2ncnc(NC(C)C(N)=O)c2s1. The summed E-state index contributed by atoms with van der Waals surface area (Å²) in [5.74, 6) is 0.172. The summed E-state index contributed by atoms with van der Waals surface area (Å²) in [4.78, 5) is 23.5. The van der Waals surface area contributed by atoms with Crippen LogP contribution < -0.4 is 11.1 Å². The molecule has 1 atom stereocenters. The first-order valence-electron chi connectivity index (χ1n) is 4.83. The van der Waals surface area contributed by atoms with Crippen LogP contribution in [0.15, 0.2) is 10.7 Å². The number of fused-ring (bicyclic) bond motifs is 1. The van der Waals surface area contributed by atoms with Gasteiger partial charge in [0.1, 0.15) is 22.9 Å². The molecule has 0 aliphatic carbocycles. The standard InChI is InChI=1S/C9H11N5OS2/c1-4(6(10)15)13-7-5-8(12-3-11-7)14-9(16-2)17-5/h3-4H,1-2H3,(H2,10,15)(H,11,12,13). The molecule has 1 unspecified atom stereocenters. The minimum absolute atomic E-state index is 0.425. The second kappa shape index (κ2) is 4.84. The molecule has 2 rings (SSSR count). The van der Waals surface area contributed by atoms with Gasteiger partial charge in [0.05, 0.1) is 0 Å². The number of aromatic nitrogens is 3. The number of primary amides is 1. The molecule has 17 heavy (non-hydrogen) atoms. The van der Waals surface area contributed by atoms with Gasteiger partial charge < -0.3 is 11.1 Å². The molecule has 0 aliphatic heterocycles. The lowest BCUT2D eigenvalue weighted by atomic mass is 10.3. The van der Waals surface area contributed by atoms with Gasteiger partial charge in [-0.15, -0.1) is 11.3 Å². The van der Waals surface area contributed by atoms with Gasteiger partial charge in [-0.2, -0.15) is 0 Å². The van der Waals surface area contributed by atoms with Gasteiger partial charge in [0, 0.05) is 0 Å². The molecule has 0 aliphatic rings. The summed E-state index contributed by atoms with van der Waals surface area (Å²) in [6, 6.07) is -0.479. The van der Waals surface area contributed by atoms with E-state index in [1.54, 1.807) is 18.7 Å². The van der Waals surface area contributed by atoms with Gasteiger partial charge in [-0.3, -0.25) is 4.79 Å². The Morgan fingerprint density at radius 3 is 3.00 bits per heavy atom. The normalized spacial score (nSPS) is 12.6.